The summed E-state index contributed by atoms with van der Waals surface area (Å²) in [7, 11) is 0. The van der Waals surface area contributed by atoms with Crippen molar-refractivity contribution in [3.8, 4) is 0 Å². The van der Waals surface area contributed by atoms with Gasteiger partial charge in [0.1, 0.15) is 0 Å². The number of rotatable bonds is 2. The Balaban J connectivity index is 2.07. The third kappa shape index (κ3) is 1.97. The molecular weight excluding hydrogens is 174 g/mol. The first kappa shape index (κ1) is 9.69. The molecule has 1 aromatic carbocycles. The SMILES string of the molecule is Cc1ccccc1CC1NCCC1O. The lowest BCUT2D eigenvalue weighted by Crippen LogP contribution is -2.32. The van der Waals surface area contributed by atoms with E-state index >= 15 is 0 Å². The fourth-order valence-corrected chi connectivity index (χ4v) is 2.04. The minimum Gasteiger partial charge on any atom is -0.391 e. The molecule has 1 aliphatic rings. The Morgan fingerprint density at radius 1 is 1.43 bits per heavy atom. The number of aliphatic hydroxyl groups is 1. The molecular formula is C12H17NO. The summed E-state index contributed by atoms with van der Waals surface area (Å²) >= 11 is 0. The highest BCUT2D eigenvalue weighted by molar-refractivity contribution is 5.26. The molecule has 1 saturated heterocycles. The molecule has 0 spiro atoms. The highest BCUT2D eigenvalue weighted by Gasteiger charge is 2.24. The third-order valence-corrected chi connectivity index (χ3v) is 3.01. The quantitative estimate of drug-likeness (QED) is 0.737. The minimum absolute atomic E-state index is 0.172. The summed E-state index contributed by atoms with van der Waals surface area (Å²) < 4.78 is 0. The van der Waals surface area contributed by atoms with Gasteiger partial charge in [0.2, 0.25) is 0 Å². The zero-order chi connectivity index (χ0) is 9.97. The smallest absolute Gasteiger partial charge is 0.0708 e. The molecule has 0 saturated carbocycles. The van der Waals surface area contributed by atoms with Crippen molar-refractivity contribution in [3.63, 3.8) is 0 Å². The molecule has 1 heterocycles. The van der Waals surface area contributed by atoms with Gasteiger partial charge in [-0.1, -0.05) is 24.3 Å². The lowest BCUT2D eigenvalue weighted by atomic mass is 9.99. The Kier molecular flexibility index (Phi) is 2.85. The van der Waals surface area contributed by atoms with Gasteiger partial charge in [-0.25, -0.2) is 0 Å². The molecule has 0 aliphatic carbocycles. The highest BCUT2D eigenvalue weighted by Crippen LogP contribution is 2.15. The van der Waals surface area contributed by atoms with Crippen LogP contribution < -0.4 is 5.32 Å². The van der Waals surface area contributed by atoms with Crippen LogP contribution in [0.15, 0.2) is 24.3 Å². The average molecular weight is 191 g/mol. The Bertz CT molecular complexity index is 311. The van der Waals surface area contributed by atoms with E-state index in [2.05, 4.69) is 36.5 Å². The van der Waals surface area contributed by atoms with Crippen LogP contribution in [0.2, 0.25) is 0 Å². The van der Waals surface area contributed by atoms with Crippen LogP contribution in [-0.2, 0) is 6.42 Å². The van der Waals surface area contributed by atoms with Gasteiger partial charge in [0.15, 0.2) is 0 Å². The van der Waals surface area contributed by atoms with E-state index in [1.165, 1.54) is 11.1 Å². The lowest BCUT2D eigenvalue weighted by molar-refractivity contribution is 0.159. The molecule has 0 bridgehead atoms. The number of aryl methyl sites for hydroxylation is 1. The lowest BCUT2D eigenvalue weighted by Gasteiger charge is -2.15. The van der Waals surface area contributed by atoms with Crippen molar-refractivity contribution in [2.24, 2.45) is 0 Å². The molecule has 1 fully saturated rings. The molecule has 2 heteroatoms. The second-order valence-electron chi connectivity index (χ2n) is 4.05. The molecule has 1 aliphatic heterocycles. The van der Waals surface area contributed by atoms with Crippen molar-refractivity contribution in [2.75, 3.05) is 6.54 Å². The van der Waals surface area contributed by atoms with Crippen LogP contribution in [0.5, 0.6) is 0 Å². The molecule has 2 nitrogen and oxygen atoms in total. The van der Waals surface area contributed by atoms with Gasteiger partial charge in [-0.3, -0.25) is 0 Å². The van der Waals surface area contributed by atoms with Crippen LogP contribution in [0.25, 0.3) is 0 Å². The maximum absolute atomic E-state index is 9.68. The number of hydrogen-bond acceptors (Lipinski definition) is 2. The first-order valence-corrected chi connectivity index (χ1v) is 5.23. The predicted molar refractivity (Wildman–Crippen MR) is 57.3 cm³/mol. The zero-order valence-corrected chi connectivity index (χ0v) is 8.53. The van der Waals surface area contributed by atoms with Gasteiger partial charge in [0.25, 0.3) is 0 Å². The fraction of sp³-hybridized carbons (Fsp3) is 0.500. The Hall–Kier alpha value is -0.860. The van der Waals surface area contributed by atoms with Crippen LogP contribution in [0.4, 0.5) is 0 Å². The standard InChI is InChI=1S/C12H17NO/c1-9-4-2-3-5-10(9)8-11-12(14)6-7-13-11/h2-5,11-14H,6-8H2,1H3. The van der Waals surface area contributed by atoms with Gasteiger partial charge in [-0.05, 0) is 37.4 Å². The maximum atomic E-state index is 9.68. The largest absolute Gasteiger partial charge is 0.391 e. The van der Waals surface area contributed by atoms with E-state index in [9.17, 15) is 5.11 Å². The van der Waals surface area contributed by atoms with E-state index in [1.54, 1.807) is 0 Å². The third-order valence-electron chi connectivity index (χ3n) is 3.01. The summed E-state index contributed by atoms with van der Waals surface area (Å²) in [5.41, 5.74) is 2.65. The van der Waals surface area contributed by atoms with E-state index < -0.39 is 0 Å². The number of aliphatic hydroxyl groups excluding tert-OH is 1. The topological polar surface area (TPSA) is 32.3 Å². The summed E-state index contributed by atoms with van der Waals surface area (Å²) in [6.07, 6.45) is 1.65. The molecule has 0 aromatic heterocycles. The van der Waals surface area contributed by atoms with Crippen molar-refractivity contribution in [1.82, 2.24) is 5.32 Å². The van der Waals surface area contributed by atoms with Gasteiger partial charge >= 0.3 is 0 Å². The summed E-state index contributed by atoms with van der Waals surface area (Å²) in [6, 6.07) is 8.62. The molecule has 2 unspecified atom stereocenters. The van der Waals surface area contributed by atoms with Gasteiger partial charge in [-0.15, -0.1) is 0 Å². The second-order valence-corrected chi connectivity index (χ2v) is 4.05. The highest BCUT2D eigenvalue weighted by atomic mass is 16.3. The summed E-state index contributed by atoms with van der Waals surface area (Å²) in [4.78, 5) is 0. The fourth-order valence-electron chi connectivity index (χ4n) is 2.04. The molecule has 76 valence electrons. The number of nitrogens with one attached hydrogen (secondary N) is 1. The van der Waals surface area contributed by atoms with Crippen molar-refractivity contribution >= 4 is 0 Å². The molecule has 2 rings (SSSR count). The van der Waals surface area contributed by atoms with Gasteiger partial charge < -0.3 is 10.4 Å². The van der Waals surface area contributed by atoms with E-state index in [-0.39, 0.29) is 12.1 Å². The van der Waals surface area contributed by atoms with Crippen LogP contribution >= 0.6 is 0 Å². The predicted octanol–water partition coefficient (Wildman–Crippen LogP) is 1.26. The molecule has 14 heavy (non-hydrogen) atoms. The number of hydrogen-bond donors (Lipinski definition) is 2. The first-order chi connectivity index (χ1) is 6.77. The van der Waals surface area contributed by atoms with Crippen molar-refractivity contribution in [3.05, 3.63) is 35.4 Å². The monoisotopic (exact) mass is 191 g/mol. The Morgan fingerprint density at radius 2 is 2.21 bits per heavy atom. The van der Waals surface area contributed by atoms with Gasteiger partial charge in [-0.2, -0.15) is 0 Å². The Morgan fingerprint density at radius 3 is 2.86 bits per heavy atom. The van der Waals surface area contributed by atoms with E-state index in [0.717, 1.165) is 19.4 Å². The summed E-state index contributed by atoms with van der Waals surface area (Å²) in [5.74, 6) is 0. The number of benzene rings is 1. The van der Waals surface area contributed by atoms with Crippen LogP contribution in [0, 0.1) is 6.92 Å². The summed E-state index contributed by atoms with van der Waals surface area (Å²) in [6.45, 7) is 3.06. The average Bonchev–Trinajstić information content (AvgIpc) is 2.56. The van der Waals surface area contributed by atoms with E-state index in [0.29, 0.717) is 0 Å². The summed E-state index contributed by atoms with van der Waals surface area (Å²) in [5, 5.41) is 13.0. The van der Waals surface area contributed by atoms with Crippen molar-refractivity contribution in [2.45, 2.75) is 31.9 Å². The normalized spacial score (nSPS) is 26.7. The van der Waals surface area contributed by atoms with Crippen molar-refractivity contribution in [1.29, 1.82) is 0 Å². The van der Waals surface area contributed by atoms with Gasteiger partial charge in [0.05, 0.1) is 6.10 Å². The molecule has 0 radical (unpaired) electrons. The maximum Gasteiger partial charge on any atom is 0.0708 e. The molecule has 0 amide bonds. The Labute approximate surface area is 85.0 Å². The molecule has 2 N–H and O–H groups in total. The van der Waals surface area contributed by atoms with E-state index in [1.807, 2.05) is 0 Å². The van der Waals surface area contributed by atoms with Crippen LogP contribution in [0.1, 0.15) is 17.5 Å². The van der Waals surface area contributed by atoms with Crippen LogP contribution in [0.3, 0.4) is 0 Å². The molecule has 2 atom stereocenters. The molecule has 1 aromatic rings. The van der Waals surface area contributed by atoms with E-state index in [4.69, 9.17) is 0 Å². The van der Waals surface area contributed by atoms with Crippen molar-refractivity contribution < 1.29 is 5.11 Å². The van der Waals surface area contributed by atoms with Gasteiger partial charge in [0, 0.05) is 6.04 Å². The second kappa shape index (κ2) is 4.11. The first-order valence-electron chi connectivity index (χ1n) is 5.23. The zero-order valence-electron chi connectivity index (χ0n) is 8.53. The van der Waals surface area contributed by atoms with Crippen LogP contribution in [-0.4, -0.2) is 23.8 Å². The minimum atomic E-state index is -0.172.